The van der Waals surface area contributed by atoms with E-state index in [-0.39, 0.29) is 0 Å². The van der Waals surface area contributed by atoms with Crippen molar-refractivity contribution in [3.8, 4) is 16.3 Å². The van der Waals surface area contributed by atoms with Crippen LogP contribution in [0.4, 0.5) is 0 Å². The highest BCUT2D eigenvalue weighted by Crippen LogP contribution is 2.31. The summed E-state index contributed by atoms with van der Waals surface area (Å²) in [6.07, 6.45) is 0. The van der Waals surface area contributed by atoms with E-state index in [1.165, 1.54) is 0 Å². The molecule has 1 heterocycles. The van der Waals surface area contributed by atoms with Crippen molar-refractivity contribution in [1.82, 2.24) is 15.5 Å². The summed E-state index contributed by atoms with van der Waals surface area (Å²) in [6, 6.07) is 7.85. The number of nitrogens with zero attached hydrogens (tertiary/aromatic N) is 2. The van der Waals surface area contributed by atoms with Crippen molar-refractivity contribution in [2.24, 2.45) is 0 Å². The van der Waals surface area contributed by atoms with E-state index in [0.29, 0.717) is 0 Å². The number of rotatable bonds is 5. The Morgan fingerprint density at radius 2 is 2.12 bits per heavy atom. The lowest BCUT2D eigenvalue weighted by Gasteiger charge is -2.03. The molecule has 0 bridgehead atoms. The zero-order valence-electron chi connectivity index (χ0n) is 9.93. The second-order valence-electron chi connectivity index (χ2n) is 3.48. The molecule has 2 rings (SSSR count). The fourth-order valence-corrected chi connectivity index (χ4v) is 2.33. The van der Waals surface area contributed by atoms with Crippen LogP contribution in [0.5, 0.6) is 5.75 Å². The van der Waals surface area contributed by atoms with E-state index < -0.39 is 0 Å². The molecule has 1 aromatic carbocycles. The summed E-state index contributed by atoms with van der Waals surface area (Å²) >= 11 is 1.59. The predicted octanol–water partition coefficient (Wildman–Crippen LogP) is 2.32. The lowest BCUT2D eigenvalue weighted by atomic mass is 10.2. The summed E-state index contributed by atoms with van der Waals surface area (Å²) in [6.45, 7) is 3.77. The first-order valence-corrected chi connectivity index (χ1v) is 6.33. The molecule has 2 aromatic rings. The van der Waals surface area contributed by atoms with E-state index in [1.54, 1.807) is 18.4 Å². The molecular weight excluding hydrogens is 234 g/mol. The molecule has 1 aromatic heterocycles. The number of methoxy groups -OCH3 is 1. The third-order valence-electron chi connectivity index (χ3n) is 2.33. The van der Waals surface area contributed by atoms with E-state index in [0.717, 1.165) is 34.4 Å². The van der Waals surface area contributed by atoms with E-state index >= 15 is 0 Å². The van der Waals surface area contributed by atoms with Gasteiger partial charge in [-0.05, 0) is 18.7 Å². The van der Waals surface area contributed by atoms with Crippen molar-refractivity contribution in [2.75, 3.05) is 13.7 Å². The van der Waals surface area contributed by atoms with E-state index in [1.807, 2.05) is 24.3 Å². The summed E-state index contributed by atoms with van der Waals surface area (Å²) in [5, 5.41) is 13.5. The molecule has 0 saturated carbocycles. The van der Waals surface area contributed by atoms with E-state index in [9.17, 15) is 0 Å². The molecule has 0 aliphatic carbocycles. The molecule has 0 spiro atoms. The van der Waals surface area contributed by atoms with Crippen LogP contribution < -0.4 is 10.1 Å². The maximum absolute atomic E-state index is 5.31. The predicted molar refractivity (Wildman–Crippen MR) is 69.3 cm³/mol. The van der Waals surface area contributed by atoms with E-state index in [4.69, 9.17) is 4.74 Å². The van der Waals surface area contributed by atoms with Gasteiger partial charge in [0, 0.05) is 6.54 Å². The molecule has 0 radical (unpaired) electrons. The van der Waals surface area contributed by atoms with Crippen molar-refractivity contribution < 1.29 is 4.74 Å². The van der Waals surface area contributed by atoms with Crippen molar-refractivity contribution in [3.63, 3.8) is 0 Å². The Balaban J connectivity index is 2.24. The largest absolute Gasteiger partial charge is 0.496 e. The van der Waals surface area contributed by atoms with Gasteiger partial charge < -0.3 is 10.1 Å². The maximum Gasteiger partial charge on any atom is 0.151 e. The van der Waals surface area contributed by atoms with Gasteiger partial charge >= 0.3 is 0 Å². The Bertz CT molecular complexity index is 484. The summed E-state index contributed by atoms with van der Waals surface area (Å²) < 4.78 is 5.31. The Labute approximate surface area is 105 Å². The molecule has 0 aliphatic heterocycles. The minimum atomic E-state index is 0.767. The Morgan fingerprint density at radius 1 is 1.29 bits per heavy atom. The van der Waals surface area contributed by atoms with Crippen molar-refractivity contribution in [3.05, 3.63) is 29.3 Å². The molecule has 5 heteroatoms. The monoisotopic (exact) mass is 249 g/mol. The van der Waals surface area contributed by atoms with Crippen LogP contribution in [0.25, 0.3) is 10.6 Å². The quantitative estimate of drug-likeness (QED) is 0.883. The lowest BCUT2D eigenvalue weighted by Crippen LogP contribution is -2.11. The second-order valence-corrected chi connectivity index (χ2v) is 4.54. The van der Waals surface area contributed by atoms with Crippen LogP contribution >= 0.6 is 11.3 Å². The zero-order chi connectivity index (χ0) is 12.1. The normalized spacial score (nSPS) is 10.5. The minimum Gasteiger partial charge on any atom is -0.496 e. The molecule has 0 unspecified atom stereocenters. The average Bonchev–Trinajstić information content (AvgIpc) is 2.85. The topological polar surface area (TPSA) is 47.0 Å². The highest BCUT2D eigenvalue weighted by atomic mass is 32.1. The number of hydrogen-bond acceptors (Lipinski definition) is 5. The Hall–Kier alpha value is -1.46. The van der Waals surface area contributed by atoms with Gasteiger partial charge in [-0.3, -0.25) is 0 Å². The van der Waals surface area contributed by atoms with Crippen LogP contribution in [0, 0.1) is 0 Å². The lowest BCUT2D eigenvalue weighted by molar-refractivity contribution is 0.416. The summed E-state index contributed by atoms with van der Waals surface area (Å²) in [5.41, 5.74) is 0.996. The Kier molecular flexibility index (Phi) is 4.06. The van der Waals surface area contributed by atoms with Crippen molar-refractivity contribution in [2.45, 2.75) is 13.5 Å². The van der Waals surface area contributed by atoms with Crippen molar-refractivity contribution >= 4 is 11.3 Å². The van der Waals surface area contributed by atoms with Gasteiger partial charge in [-0.25, -0.2) is 0 Å². The van der Waals surface area contributed by atoms with Crippen LogP contribution in [0.3, 0.4) is 0 Å². The molecule has 0 saturated heterocycles. The van der Waals surface area contributed by atoms with Gasteiger partial charge in [-0.1, -0.05) is 30.4 Å². The molecule has 0 amide bonds. The first-order chi connectivity index (χ1) is 8.35. The van der Waals surface area contributed by atoms with E-state index in [2.05, 4.69) is 22.4 Å². The second kappa shape index (κ2) is 5.75. The smallest absolute Gasteiger partial charge is 0.151 e. The Morgan fingerprint density at radius 3 is 2.88 bits per heavy atom. The number of hydrogen-bond donors (Lipinski definition) is 1. The highest BCUT2D eigenvalue weighted by molar-refractivity contribution is 7.14. The summed E-state index contributed by atoms with van der Waals surface area (Å²) in [7, 11) is 1.67. The van der Waals surface area contributed by atoms with Gasteiger partial charge in [0.1, 0.15) is 10.8 Å². The molecular formula is C12H15N3OS. The molecule has 0 fully saturated rings. The van der Waals surface area contributed by atoms with Crippen LogP contribution in [-0.4, -0.2) is 23.9 Å². The number of nitrogens with one attached hydrogen (secondary N) is 1. The SMILES string of the molecule is CCNCc1nnc(-c2ccccc2OC)s1. The number of aromatic nitrogens is 2. The number of ether oxygens (including phenoxy) is 1. The average molecular weight is 249 g/mol. The third-order valence-corrected chi connectivity index (χ3v) is 3.29. The molecule has 4 nitrogen and oxygen atoms in total. The zero-order valence-corrected chi connectivity index (χ0v) is 10.8. The van der Waals surface area contributed by atoms with Gasteiger partial charge in [0.2, 0.25) is 0 Å². The van der Waals surface area contributed by atoms with Gasteiger partial charge in [-0.2, -0.15) is 0 Å². The first kappa shape index (κ1) is 12.0. The van der Waals surface area contributed by atoms with Crippen LogP contribution in [0.2, 0.25) is 0 Å². The highest BCUT2D eigenvalue weighted by Gasteiger charge is 2.10. The molecule has 90 valence electrons. The standard InChI is InChI=1S/C12H15N3OS/c1-3-13-8-11-14-15-12(17-11)9-6-4-5-7-10(9)16-2/h4-7,13H,3,8H2,1-2H3. The first-order valence-electron chi connectivity index (χ1n) is 5.51. The fraction of sp³-hybridized carbons (Fsp3) is 0.333. The molecule has 17 heavy (non-hydrogen) atoms. The van der Waals surface area contributed by atoms with Crippen LogP contribution in [0.1, 0.15) is 11.9 Å². The molecule has 0 aliphatic rings. The molecule has 1 N–H and O–H groups in total. The fourth-order valence-electron chi connectivity index (χ4n) is 1.49. The van der Waals surface area contributed by atoms with Gasteiger partial charge in [0.05, 0.1) is 12.7 Å². The maximum atomic E-state index is 5.31. The minimum absolute atomic E-state index is 0.767. The van der Waals surface area contributed by atoms with Gasteiger partial charge in [-0.15, -0.1) is 10.2 Å². The van der Waals surface area contributed by atoms with Crippen LogP contribution in [0.15, 0.2) is 24.3 Å². The third kappa shape index (κ3) is 2.81. The van der Waals surface area contributed by atoms with Gasteiger partial charge in [0.25, 0.3) is 0 Å². The summed E-state index contributed by atoms with van der Waals surface area (Å²) in [5.74, 6) is 0.832. The van der Waals surface area contributed by atoms with Gasteiger partial charge in [0.15, 0.2) is 5.01 Å². The molecule has 0 atom stereocenters. The number of para-hydroxylation sites is 1. The van der Waals surface area contributed by atoms with Crippen LogP contribution in [-0.2, 0) is 6.54 Å². The van der Waals surface area contributed by atoms with Crippen molar-refractivity contribution in [1.29, 1.82) is 0 Å². The summed E-state index contributed by atoms with van der Waals surface area (Å²) in [4.78, 5) is 0. The number of benzene rings is 1.